The molecule has 10 heteroatoms. The molecule has 0 bridgehead atoms. The molecule has 0 spiro atoms. The Morgan fingerprint density at radius 1 is 1.32 bits per heavy atom. The number of aryl methyl sites for hydroxylation is 1. The van der Waals surface area contributed by atoms with E-state index in [1.165, 1.54) is 30.5 Å². The summed E-state index contributed by atoms with van der Waals surface area (Å²) in [6.45, 7) is 13.3. The summed E-state index contributed by atoms with van der Waals surface area (Å²) in [6.07, 6.45) is 15.5. The fourth-order valence-corrected chi connectivity index (χ4v) is 3.75. The summed E-state index contributed by atoms with van der Waals surface area (Å²) in [5.41, 5.74) is 6.79. The number of benzene rings is 1. The topological polar surface area (TPSA) is 86.2 Å². The minimum Gasteiger partial charge on any atom is -0.496 e. The smallest absolute Gasteiger partial charge is 0.496 e. The molecule has 0 fully saturated rings. The second-order valence-corrected chi connectivity index (χ2v) is 8.41. The van der Waals surface area contributed by atoms with Gasteiger partial charge >= 0.3 is 31.1 Å². The minimum atomic E-state index is -0.488. The SMILES string of the molecule is C#C.CC.COc1cccc(F)c1-c1cc(C)ncc1C(=O)Nc1nn[c-]s1.[CH2-]C/C=C\C1=C(C)CCOC1.[U+2]. The second-order valence-electron chi connectivity index (χ2n) is 7.64. The molecule has 2 aromatic heterocycles. The number of anilines is 1. The Morgan fingerprint density at radius 3 is 2.65 bits per heavy atom. The monoisotopic (exact) mass is 788 g/mol. The number of ether oxygens (including phenoxy) is 2. The quantitative estimate of drug-likeness (QED) is 0.217. The molecule has 1 aromatic carbocycles. The first-order chi connectivity index (χ1) is 18.9. The molecule has 3 aromatic rings. The van der Waals surface area contributed by atoms with Crippen LogP contribution in [0.4, 0.5) is 9.52 Å². The predicted molar refractivity (Wildman–Crippen MR) is 156 cm³/mol. The third-order valence-corrected chi connectivity index (χ3v) is 5.76. The maximum atomic E-state index is 14.4. The molecule has 0 saturated heterocycles. The Bertz CT molecular complexity index is 1260. The van der Waals surface area contributed by atoms with Crippen LogP contribution in [0.3, 0.4) is 0 Å². The Kier molecular flexibility index (Phi) is 19.5. The van der Waals surface area contributed by atoms with Crippen LogP contribution < -0.4 is 10.1 Å². The Morgan fingerprint density at radius 2 is 2.05 bits per heavy atom. The van der Waals surface area contributed by atoms with Crippen molar-refractivity contribution in [3.05, 3.63) is 83.3 Å². The molecule has 3 heterocycles. The first kappa shape index (κ1) is 37.2. The zero-order chi connectivity index (χ0) is 29.2. The van der Waals surface area contributed by atoms with Gasteiger partial charge in [-0.15, -0.1) is 18.9 Å². The van der Waals surface area contributed by atoms with Crippen molar-refractivity contribution in [2.45, 2.75) is 40.5 Å². The number of allylic oxidation sites excluding steroid dienone is 1. The van der Waals surface area contributed by atoms with Gasteiger partial charge in [-0.05, 0) is 44.0 Å². The molecule has 0 aliphatic carbocycles. The maximum absolute atomic E-state index is 14.4. The van der Waals surface area contributed by atoms with E-state index in [9.17, 15) is 9.18 Å². The van der Waals surface area contributed by atoms with Gasteiger partial charge in [-0.1, -0.05) is 37.1 Å². The molecule has 1 amide bonds. The zero-order valence-electron chi connectivity index (χ0n) is 23.6. The summed E-state index contributed by atoms with van der Waals surface area (Å²) in [6, 6.07) is 6.13. The molecule has 0 saturated carbocycles. The van der Waals surface area contributed by atoms with Crippen molar-refractivity contribution in [2.75, 3.05) is 25.6 Å². The standard InChI is InChI=1S/C16H12FN4O2S.C10H15O.C2H6.C2H2.U/c1-9-6-10(14-12(17)4-3-5-13(14)23-2)11(7-18-9)15(22)20-16-21-19-8-24-16;1-3-4-5-10-8-11-7-6-9(10)2;2*1-2;/h3-7H,1-2H3,(H,20,21,22);4-5H,1,3,6-8H2,2H3;1-2H3;1-2H;/q2*-1;;;+2/b;5-4-;;;. The predicted octanol–water partition coefficient (Wildman–Crippen LogP) is 6.89. The number of carbonyl (C=O) groups is 1. The minimum absolute atomic E-state index is 0. The van der Waals surface area contributed by atoms with E-state index in [1.54, 1.807) is 25.1 Å². The number of pyridine rings is 1. The van der Waals surface area contributed by atoms with Gasteiger partial charge in [0.15, 0.2) is 0 Å². The average molecular weight is 789 g/mol. The normalized spacial score (nSPS) is 11.9. The summed E-state index contributed by atoms with van der Waals surface area (Å²) < 4.78 is 25.0. The molecule has 0 unspecified atom stereocenters. The molecule has 40 heavy (non-hydrogen) atoms. The number of nitrogens with zero attached hydrogens (tertiary/aromatic N) is 3. The third-order valence-electron chi connectivity index (χ3n) is 5.21. The average Bonchev–Trinajstić information content (AvgIpc) is 3.48. The molecule has 210 valence electrons. The molecular weight excluding hydrogens is 753 g/mol. The molecule has 0 radical (unpaired) electrons. The summed E-state index contributed by atoms with van der Waals surface area (Å²) in [7, 11) is 1.45. The maximum Gasteiger partial charge on any atom is 2.00 e. The molecule has 4 rings (SSSR count). The van der Waals surface area contributed by atoms with Crippen LogP contribution in [0.25, 0.3) is 11.1 Å². The van der Waals surface area contributed by atoms with E-state index in [0.29, 0.717) is 22.1 Å². The van der Waals surface area contributed by atoms with Crippen LogP contribution >= 0.6 is 11.3 Å². The van der Waals surface area contributed by atoms with Crippen LogP contribution in [-0.4, -0.2) is 41.4 Å². The van der Waals surface area contributed by atoms with Crippen molar-refractivity contribution in [2.24, 2.45) is 0 Å². The Labute approximate surface area is 265 Å². The number of halogens is 1. The summed E-state index contributed by atoms with van der Waals surface area (Å²) >= 11 is 1.06. The van der Waals surface area contributed by atoms with E-state index < -0.39 is 11.7 Å². The van der Waals surface area contributed by atoms with Crippen molar-refractivity contribution in [1.82, 2.24) is 15.2 Å². The van der Waals surface area contributed by atoms with Crippen LogP contribution in [0.5, 0.6) is 5.75 Å². The fraction of sp³-hybridized carbons (Fsp3) is 0.300. The number of terminal acetylenes is 1. The third kappa shape index (κ3) is 11.3. The number of carbonyl (C=O) groups excluding carboxylic acids is 1. The van der Waals surface area contributed by atoms with Crippen LogP contribution in [0, 0.1) is 69.1 Å². The van der Waals surface area contributed by atoms with Gasteiger partial charge in [0.05, 0.1) is 36.6 Å². The van der Waals surface area contributed by atoms with Crippen LogP contribution in [0.15, 0.2) is 53.8 Å². The molecule has 7 nitrogen and oxygen atoms in total. The van der Waals surface area contributed by atoms with Gasteiger partial charge in [0.25, 0.3) is 0 Å². The van der Waals surface area contributed by atoms with Gasteiger partial charge in [0.1, 0.15) is 11.6 Å². The van der Waals surface area contributed by atoms with Crippen molar-refractivity contribution in [1.29, 1.82) is 0 Å². The number of nitrogens with one attached hydrogen (secondary N) is 1. The van der Waals surface area contributed by atoms with Crippen LogP contribution in [0.2, 0.25) is 0 Å². The van der Waals surface area contributed by atoms with Crippen molar-refractivity contribution < 1.29 is 49.8 Å². The van der Waals surface area contributed by atoms with Crippen molar-refractivity contribution >= 4 is 22.4 Å². The fourth-order valence-electron chi connectivity index (χ4n) is 3.36. The Hall–Kier alpha value is -2.82. The molecule has 0 atom stereocenters. The first-order valence-corrected chi connectivity index (χ1v) is 13.1. The Balaban J connectivity index is 0.000000802. The van der Waals surface area contributed by atoms with Gasteiger partial charge in [-0.2, -0.15) is 6.42 Å². The van der Waals surface area contributed by atoms with Crippen LogP contribution in [-0.2, 0) is 4.74 Å². The number of hydrogen-bond donors (Lipinski definition) is 1. The van der Waals surface area contributed by atoms with Gasteiger partial charge < -0.3 is 21.7 Å². The summed E-state index contributed by atoms with van der Waals surface area (Å²) in [5.74, 6) is -0.620. The van der Waals surface area contributed by atoms with Gasteiger partial charge in [-0.3, -0.25) is 26.2 Å². The van der Waals surface area contributed by atoms with E-state index in [2.05, 4.69) is 64.9 Å². The molecule has 1 aliphatic rings. The van der Waals surface area contributed by atoms with E-state index in [0.717, 1.165) is 37.4 Å². The van der Waals surface area contributed by atoms with E-state index in [4.69, 9.17) is 9.47 Å². The number of amides is 1. The summed E-state index contributed by atoms with van der Waals surface area (Å²) in [4.78, 5) is 16.7. The molecule has 1 aliphatic heterocycles. The van der Waals surface area contributed by atoms with Gasteiger partial charge in [0.2, 0.25) is 5.91 Å². The van der Waals surface area contributed by atoms with E-state index in [-0.39, 0.29) is 42.2 Å². The largest absolute Gasteiger partial charge is 2.00 e. The van der Waals surface area contributed by atoms with Crippen molar-refractivity contribution in [3.63, 3.8) is 0 Å². The first-order valence-electron chi connectivity index (χ1n) is 12.3. The second kappa shape index (κ2) is 21.0. The number of rotatable bonds is 6. The zero-order valence-corrected chi connectivity index (χ0v) is 28.6. The van der Waals surface area contributed by atoms with Gasteiger partial charge in [-0.25, -0.2) is 9.49 Å². The molecule has 1 N–H and O–H groups in total. The van der Waals surface area contributed by atoms with Crippen LogP contribution in [0.1, 0.15) is 49.7 Å². The van der Waals surface area contributed by atoms with Crippen molar-refractivity contribution in [3.8, 4) is 29.7 Å². The van der Waals surface area contributed by atoms with Gasteiger partial charge in [0, 0.05) is 17.5 Å². The number of hydrogen-bond acceptors (Lipinski definition) is 7. The molecular formula is C30H35FN4O3SU. The van der Waals surface area contributed by atoms with E-state index >= 15 is 0 Å². The summed E-state index contributed by atoms with van der Waals surface area (Å²) in [5, 5.41) is 10.1. The number of aromatic nitrogens is 3. The van der Waals surface area contributed by atoms with E-state index in [1.807, 2.05) is 13.8 Å². The number of methoxy groups -OCH3 is 1.